The number of carbonyl (C=O) groups excluding carboxylic acids is 1. The van der Waals surface area contributed by atoms with Crippen LogP contribution in [0.15, 0.2) is 78.9 Å². The van der Waals surface area contributed by atoms with Crippen LogP contribution in [0, 0.1) is 0 Å². The maximum atomic E-state index is 11.7. The number of methoxy groups -OCH3 is 1. The zero-order chi connectivity index (χ0) is 18.9. The molecule has 0 saturated carbocycles. The first-order valence-electron chi connectivity index (χ1n) is 9.18. The van der Waals surface area contributed by atoms with Gasteiger partial charge in [0.15, 0.2) is 0 Å². The number of ether oxygens (including phenoxy) is 2. The number of esters is 1. The van der Waals surface area contributed by atoms with Gasteiger partial charge in [0.25, 0.3) is 0 Å². The van der Waals surface area contributed by atoms with E-state index in [-0.39, 0.29) is 5.97 Å². The fourth-order valence-electron chi connectivity index (χ4n) is 3.04. The Morgan fingerprint density at radius 3 is 2.37 bits per heavy atom. The van der Waals surface area contributed by atoms with Gasteiger partial charge in [-0.15, -0.1) is 0 Å². The molecule has 3 heteroatoms. The Kier molecular flexibility index (Phi) is 6.64. The maximum Gasteiger partial charge on any atom is 0.337 e. The molecule has 0 spiro atoms. The van der Waals surface area contributed by atoms with Crippen LogP contribution in [0.5, 0.6) is 5.75 Å². The van der Waals surface area contributed by atoms with Crippen molar-refractivity contribution in [3.63, 3.8) is 0 Å². The number of benzene rings is 3. The minimum absolute atomic E-state index is 0.295. The molecular weight excluding hydrogens is 336 g/mol. The summed E-state index contributed by atoms with van der Waals surface area (Å²) < 4.78 is 10.8. The highest BCUT2D eigenvalue weighted by Crippen LogP contribution is 2.22. The van der Waals surface area contributed by atoms with Gasteiger partial charge in [0, 0.05) is 0 Å². The van der Waals surface area contributed by atoms with Gasteiger partial charge in [0.05, 0.1) is 12.7 Å². The molecule has 0 aliphatic heterocycles. The third kappa shape index (κ3) is 5.45. The summed E-state index contributed by atoms with van der Waals surface area (Å²) in [6.07, 6.45) is 2.81. The molecule has 0 fully saturated rings. The van der Waals surface area contributed by atoms with Crippen LogP contribution in [-0.2, 0) is 24.2 Å². The summed E-state index contributed by atoms with van der Waals surface area (Å²) in [7, 11) is 1.40. The van der Waals surface area contributed by atoms with Gasteiger partial charge in [-0.05, 0) is 54.2 Å². The summed E-state index contributed by atoms with van der Waals surface area (Å²) in [5, 5.41) is 0. The number of hydrogen-bond acceptors (Lipinski definition) is 3. The van der Waals surface area contributed by atoms with Crippen LogP contribution in [0.4, 0.5) is 0 Å². The third-order valence-electron chi connectivity index (χ3n) is 4.47. The Labute approximate surface area is 160 Å². The van der Waals surface area contributed by atoms with E-state index in [0.29, 0.717) is 12.2 Å². The quantitative estimate of drug-likeness (QED) is 0.516. The molecule has 138 valence electrons. The average molecular weight is 360 g/mol. The van der Waals surface area contributed by atoms with Crippen molar-refractivity contribution in [2.45, 2.75) is 25.9 Å². The molecule has 0 aliphatic rings. The van der Waals surface area contributed by atoms with Crippen molar-refractivity contribution in [2.24, 2.45) is 0 Å². The van der Waals surface area contributed by atoms with Crippen molar-refractivity contribution >= 4 is 5.97 Å². The normalized spacial score (nSPS) is 10.4. The zero-order valence-electron chi connectivity index (χ0n) is 15.6. The second-order valence-corrected chi connectivity index (χ2v) is 6.43. The standard InChI is InChI=1S/C24H24O3/c1-26-24(25)22-15-8-12-19(17-22)11-7-14-21-13-5-6-16-23(21)27-18-20-9-3-2-4-10-20/h2-6,8-10,12-13,15-17H,7,11,14,18H2,1H3. The van der Waals surface area contributed by atoms with Crippen LogP contribution in [0.2, 0.25) is 0 Å². The Bertz CT molecular complexity index is 872. The van der Waals surface area contributed by atoms with E-state index in [1.165, 1.54) is 12.7 Å². The molecule has 0 N–H and O–H groups in total. The first kappa shape index (κ1) is 18.7. The SMILES string of the molecule is COC(=O)c1cccc(CCCc2ccccc2OCc2ccccc2)c1. The summed E-state index contributed by atoms with van der Waals surface area (Å²) in [6, 6.07) is 26.0. The van der Waals surface area contributed by atoms with Gasteiger partial charge in [-0.3, -0.25) is 0 Å². The largest absolute Gasteiger partial charge is 0.489 e. The van der Waals surface area contributed by atoms with Crippen molar-refractivity contribution in [2.75, 3.05) is 7.11 Å². The minimum atomic E-state index is -0.295. The highest BCUT2D eigenvalue weighted by Gasteiger charge is 2.07. The summed E-state index contributed by atoms with van der Waals surface area (Å²) in [5.41, 5.74) is 4.10. The lowest BCUT2D eigenvalue weighted by Gasteiger charge is -2.12. The molecular formula is C24H24O3. The molecule has 0 amide bonds. The van der Waals surface area contributed by atoms with Gasteiger partial charge in [-0.25, -0.2) is 4.79 Å². The summed E-state index contributed by atoms with van der Waals surface area (Å²) in [6.45, 7) is 0.568. The summed E-state index contributed by atoms with van der Waals surface area (Å²) in [4.78, 5) is 11.7. The van der Waals surface area contributed by atoms with E-state index in [1.54, 1.807) is 6.07 Å². The monoisotopic (exact) mass is 360 g/mol. The van der Waals surface area contributed by atoms with E-state index in [0.717, 1.165) is 36.1 Å². The molecule has 0 radical (unpaired) electrons. The lowest BCUT2D eigenvalue weighted by molar-refractivity contribution is 0.0600. The fourth-order valence-corrected chi connectivity index (χ4v) is 3.04. The van der Waals surface area contributed by atoms with Crippen LogP contribution >= 0.6 is 0 Å². The second-order valence-electron chi connectivity index (χ2n) is 6.43. The Hall–Kier alpha value is -3.07. The molecule has 3 aromatic rings. The van der Waals surface area contributed by atoms with Gasteiger partial charge in [-0.2, -0.15) is 0 Å². The van der Waals surface area contributed by atoms with Gasteiger partial charge < -0.3 is 9.47 Å². The van der Waals surface area contributed by atoms with Crippen molar-refractivity contribution in [3.8, 4) is 5.75 Å². The van der Waals surface area contributed by atoms with Crippen molar-refractivity contribution < 1.29 is 14.3 Å². The van der Waals surface area contributed by atoms with Crippen LogP contribution in [0.25, 0.3) is 0 Å². The molecule has 3 nitrogen and oxygen atoms in total. The maximum absolute atomic E-state index is 11.7. The Morgan fingerprint density at radius 1 is 0.815 bits per heavy atom. The number of carbonyl (C=O) groups is 1. The molecule has 0 aliphatic carbocycles. The molecule has 0 unspecified atom stereocenters. The Balaban J connectivity index is 1.58. The van der Waals surface area contributed by atoms with Crippen molar-refractivity contribution in [1.82, 2.24) is 0 Å². The molecule has 0 heterocycles. The number of aryl methyl sites for hydroxylation is 2. The van der Waals surface area contributed by atoms with E-state index in [4.69, 9.17) is 9.47 Å². The van der Waals surface area contributed by atoms with Gasteiger partial charge in [0.2, 0.25) is 0 Å². The first-order valence-corrected chi connectivity index (χ1v) is 9.18. The molecule has 3 aromatic carbocycles. The predicted molar refractivity (Wildman–Crippen MR) is 107 cm³/mol. The third-order valence-corrected chi connectivity index (χ3v) is 4.47. The molecule has 0 atom stereocenters. The molecule has 0 aromatic heterocycles. The van der Waals surface area contributed by atoms with Crippen LogP contribution < -0.4 is 4.74 Å². The van der Waals surface area contributed by atoms with E-state index < -0.39 is 0 Å². The fraction of sp³-hybridized carbons (Fsp3) is 0.208. The number of para-hydroxylation sites is 1. The van der Waals surface area contributed by atoms with Gasteiger partial charge in [-0.1, -0.05) is 60.7 Å². The van der Waals surface area contributed by atoms with E-state index >= 15 is 0 Å². The van der Waals surface area contributed by atoms with Gasteiger partial charge >= 0.3 is 5.97 Å². The topological polar surface area (TPSA) is 35.5 Å². The molecule has 3 rings (SSSR count). The van der Waals surface area contributed by atoms with Crippen molar-refractivity contribution in [1.29, 1.82) is 0 Å². The number of rotatable bonds is 8. The van der Waals surface area contributed by atoms with E-state index in [9.17, 15) is 4.79 Å². The molecule has 27 heavy (non-hydrogen) atoms. The lowest BCUT2D eigenvalue weighted by Crippen LogP contribution is -2.02. The van der Waals surface area contributed by atoms with E-state index in [2.05, 4.69) is 18.2 Å². The second kappa shape index (κ2) is 9.58. The van der Waals surface area contributed by atoms with Crippen molar-refractivity contribution in [3.05, 3.63) is 101 Å². The molecule has 0 bridgehead atoms. The average Bonchev–Trinajstić information content (AvgIpc) is 2.73. The Morgan fingerprint density at radius 2 is 1.56 bits per heavy atom. The van der Waals surface area contributed by atoms with Crippen LogP contribution in [-0.4, -0.2) is 13.1 Å². The summed E-state index contributed by atoms with van der Waals surface area (Å²) >= 11 is 0. The summed E-state index contributed by atoms with van der Waals surface area (Å²) in [5.74, 6) is 0.640. The highest BCUT2D eigenvalue weighted by atomic mass is 16.5. The lowest BCUT2D eigenvalue weighted by atomic mass is 10.0. The van der Waals surface area contributed by atoms with Gasteiger partial charge in [0.1, 0.15) is 12.4 Å². The highest BCUT2D eigenvalue weighted by molar-refractivity contribution is 5.89. The first-order chi connectivity index (χ1) is 13.3. The number of hydrogen-bond donors (Lipinski definition) is 0. The molecule has 0 saturated heterocycles. The zero-order valence-corrected chi connectivity index (χ0v) is 15.6. The predicted octanol–water partition coefficient (Wildman–Crippen LogP) is 5.23. The van der Waals surface area contributed by atoms with E-state index in [1.807, 2.05) is 54.6 Å². The van der Waals surface area contributed by atoms with Crippen LogP contribution in [0.3, 0.4) is 0 Å². The minimum Gasteiger partial charge on any atom is -0.489 e. The van der Waals surface area contributed by atoms with Crippen LogP contribution in [0.1, 0.15) is 33.5 Å². The smallest absolute Gasteiger partial charge is 0.337 e.